The molecule has 0 aliphatic carbocycles. The molecular weight excluding hydrogens is 342 g/mol. The van der Waals surface area contributed by atoms with Crippen LogP contribution in [0.3, 0.4) is 0 Å². The van der Waals surface area contributed by atoms with E-state index in [2.05, 4.69) is 15.9 Å². The van der Waals surface area contributed by atoms with Gasteiger partial charge in [-0.2, -0.15) is 0 Å². The number of benzene rings is 2. The predicted molar refractivity (Wildman–Crippen MR) is 84.7 cm³/mol. The number of hydrogen-bond donors (Lipinski definition) is 1. The Labute approximate surface area is 131 Å². The first-order valence-electron chi connectivity index (χ1n) is 5.99. The van der Waals surface area contributed by atoms with Crippen molar-refractivity contribution in [3.05, 3.63) is 57.0 Å². The average Bonchev–Trinajstić information content (AvgIpc) is 2.44. The summed E-state index contributed by atoms with van der Waals surface area (Å²) in [5, 5.41) is 0.624. The molecule has 0 amide bonds. The first-order chi connectivity index (χ1) is 9.56. The lowest BCUT2D eigenvalue weighted by atomic mass is 9.98. The summed E-state index contributed by atoms with van der Waals surface area (Å²) in [6, 6.07) is 10.8. The fraction of sp³-hybridized carbons (Fsp3) is 0.200. The molecule has 20 heavy (non-hydrogen) atoms. The third-order valence-corrected chi connectivity index (χ3v) is 3.70. The lowest BCUT2D eigenvalue weighted by molar-refractivity contribution is 0.382. The number of rotatable bonds is 4. The third kappa shape index (κ3) is 3.08. The average molecular weight is 357 g/mol. The Hall–Kier alpha value is -1.23. The van der Waals surface area contributed by atoms with Gasteiger partial charge in [0.15, 0.2) is 0 Å². The molecule has 0 aromatic heterocycles. The Bertz CT molecular complexity index is 576. The number of halogens is 2. The molecule has 5 heteroatoms. The third-order valence-electron chi connectivity index (χ3n) is 3.02. The molecule has 1 atom stereocenters. The van der Waals surface area contributed by atoms with E-state index in [1.807, 2.05) is 36.4 Å². The Kier molecular flexibility index (Phi) is 4.91. The molecule has 106 valence electrons. The van der Waals surface area contributed by atoms with Gasteiger partial charge in [0.05, 0.1) is 25.8 Å². The molecule has 0 spiro atoms. The smallest absolute Gasteiger partial charge is 0.127 e. The van der Waals surface area contributed by atoms with Crippen LogP contribution in [-0.2, 0) is 0 Å². The Morgan fingerprint density at radius 2 is 1.70 bits per heavy atom. The second kappa shape index (κ2) is 6.48. The van der Waals surface area contributed by atoms with Gasteiger partial charge in [0.25, 0.3) is 0 Å². The van der Waals surface area contributed by atoms with Crippen LogP contribution in [0.4, 0.5) is 0 Å². The van der Waals surface area contributed by atoms with Crippen molar-refractivity contribution in [2.45, 2.75) is 6.04 Å². The van der Waals surface area contributed by atoms with Gasteiger partial charge in [0.1, 0.15) is 11.5 Å². The molecule has 0 heterocycles. The molecule has 1 unspecified atom stereocenters. The van der Waals surface area contributed by atoms with Crippen molar-refractivity contribution in [3.63, 3.8) is 0 Å². The molecule has 0 bridgehead atoms. The molecule has 3 nitrogen and oxygen atoms in total. The summed E-state index contributed by atoms with van der Waals surface area (Å²) in [6.45, 7) is 0. The van der Waals surface area contributed by atoms with Crippen molar-refractivity contribution in [1.29, 1.82) is 0 Å². The fourth-order valence-electron chi connectivity index (χ4n) is 2.11. The van der Waals surface area contributed by atoms with Gasteiger partial charge in [-0.1, -0.05) is 33.6 Å². The largest absolute Gasteiger partial charge is 0.496 e. The van der Waals surface area contributed by atoms with E-state index in [0.29, 0.717) is 16.5 Å². The molecule has 0 saturated carbocycles. The Morgan fingerprint density at radius 1 is 1.10 bits per heavy atom. The van der Waals surface area contributed by atoms with Gasteiger partial charge in [-0.05, 0) is 35.9 Å². The van der Waals surface area contributed by atoms with Gasteiger partial charge in [0, 0.05) is 9.50 Å². The van der Waals surface area contributed by atoms with E-state index in [1.165, 1.54) is 0 Å². The van der Waals surface area contributed by atoms with Crippen molar-refractivity contribution < 1.29 is 9.47 Å². The van der Waals surface area contributed by atoms with Crippen LogP contribution in [0.25, 0.3) is 0 Å². The predicted octanol–water partition coefficient (Wildman–Crippen LogP) is 4.17. The minimum absolute atomic E-state index is 0.393. The van der Waals surface area contributed by atoms with Crippen LogP contribution in [0.15, 0.2) is 40.9 Å². The zero-order chi connectivity index (χ0) is 14.7. The van der Waals surface area contributed by atoms with E-state index < -0.39 is 6.04 Å². The maximum Gasteiger partial charge on any atom is 0.127 e. The van der Waals surface area contributed by atoms with Crippen LogP contribution < -0.4 is 15.2 Å². The van der Waals surface area contributed by atoms with Crippen molar-refractivity contribution in [3.8, 4) is 11.5 Å². The second-order valence-electron chi connectivity index (χ2n) is 4.26. The minimum atomic E-state index is -0.393. The molecular formula is C15H15BrClNO2. The maximum absolute atomic E-state index is 6.37. The van der Waals surface area contributed by atoms with Gasteiger partial charge in [-0.25, -0.2) is 0 Å². The van der Waals surface area contributed by atoms with Crippen LogP contribution in [0.2, 0.25) is 5.02 Å². The van der Waals surface area contributed by atoms with Crippen molar-refractivity contribution in [1.82, 2.24) is 0 Å². The number of nitrogens with two attached hydrogens (primary N) is 1. The van der Waals surface area contributed by atoms with Crippen LogP contribution in [0.5, 0.6) is 11.5 Å². The summed E-state index contributed by atoms with van der Waals surface area (Å²) in [7, 11) is 3.22. The summed E-state index contributed by atoms with van der Waals surface area (Å²) in [6.07, 6.45) is 0. The summed E-state index contributed by atoms with van der Waals surface area (Å²) < 4.78 is 11.7. The number of hydrogen-bond acceptors (Lipinski definition) is 3. The summed E-state index contributed by atoms with van der Waals surface area (Å²) in [4.78, 5) is 0. The Morgan fingerprint density at radius 3 is 2.20 bits per heavy atom. The molecule has 2 aromatic rings. The van der Waals surface area contributed by atoms with Gasteiger partial charge in [0.2, 0.25) is 0 Å². The van der Waals surface area contributed by atoms with Gasteiger partial charge in [-0.3, -0.25) is 0 Å². The quantitative estimate of drug-likeness (QED) is 0.894. The molecule has 0 saturated heterocycles. The molecule has 0 fully saturated rings. The van der Waals surface area contributed by atoms with Gasteiger partial charge in [-0.15, -0.1) is 0 Å². The maximum atomic E-state index is 6.37. The van der Waals surface area contributed by atoms with Crippen LogP contribution in [0, 0.1) is 0 Å². The SMILES string of the molecule is COc1cccc(OC)c1C(N)c1cc(Cl)cc(Br)c1. The topological polar surface area (TPSA) is 44.5 Å². The van der Waals surface area contributed by atoms with Crippen LogP contribution in [0.1, 0.15) is 17.2 Å². The molecule has 2 aromatic carbocycles. The summed E-state index contributed by atoms with van der Waals surface area (Å²) in [5.41, 5.74) is 8.05. The normalized spacial score (nSPS) is 12.1. The first kappa shape index (κ1) is 15.2. The van der Waals surface area contributed by atoms with Crippen molar-refractivity contribution in [2.24, 2.45) is 5.73 Å². The van der Waals surface area contributed by atoms with E-state index in [0.717, 1.165) is 15.6 Å². The van der Waals surface area contributed by atoms with E-state index in [1.54, 1.807) is 14.2 Å². The lowest BCUT2D eigenvalue weighted by Gasteiger charge is -2.19. The van der Waals surface area contributed by atoms with Crippen molar-refractivity contribution >= 4 is 27.5 Å². The van der Waals surface area contributed by atoms with Gasteiger partial charge >= 0.3 is 0 Å². The lowest BCUT2D eigenvalue weighted by Crippen LogP contribution is -2.14. The van der Waals surface area contributed by atoms with E-state index >= 15 is 0 Å². The van der Waals surface area contributed by atoms with E-state index in [4.69, 9.17) is 26.8 Å². The molecule has 0 aliphatic heterocycles. The highest BCUT2D eigenvalue weighted by atomic mass is 79.9. The second-order valence-corrected chi connectivity index (χ2v) is 5.61. The summed E-state index contributed by atoms with van der Waals surface area (Å²) in [5.74, 6) is 1.38. The Balaban J connectivity index is 2.54. The molecule has 2 N–H and O–H groups in total. The molecule has 0 radical (unpaired) electrons. The first-order valence-corrected chi connectivity index (χ1v) is 7.16. The standard InChI is InChI=1S/C15H15BrClNO2/c1-19-12-4-3-5-13(20-2)14(12)15(18)9-6-10(16)8-11(17)7-9/h3-8,15H,18H2,1-2H3. The minimum Gasteiger partial charge on any atom is -0.496 e. The van der Waals surface area contributed by atoms with Crippen LogP contribution >= 0.6 is 27.5 Å². The summed E-state index contributed by atoms with van der Waals surface area (Å²) >= 11 is 9.50. The highest BCUT2D eigenvalue weighted by Crippen LogP contribution is 2.37. The number of ether oxygens (including phenoxy) is 2. The van der Waals surface area contributed by atoms with Gasteiger partial charge < -0.3 is 15.2 Å². The molecule has 0 aliphatic rings. The zero-order valence-corrected chi connectivity index (χ0v) is 13.5. The van der Waals surface area contributed by atoms with E-state index in [-0.39, 0.29) is 0 Å². The number of methoxy groups -OCH3 is 2. The monoisotopic (exact) mass is 355 g/mol. The zero-order valence-electron chi connectivity index (χ0n) is 11.2. The fourth-order valence-corrected chi connectivity index (χ4v) is 2.99. The van der Waals surface area contributed by atoms with Crippen LogP contribution in [-0.4, -0.2) is 14.2 Å². The highest BCUT2D eigenvalue weighted by molar-refractivity contribution is 9.10. The van der Waals surface area contributed by atoms with E-state index in [9.17, 15) is 0 Å². The highest BCUT2D eigenvalue weighted by Gasteiger charge is 2.19. The molecule has 2 rings (SSSR count). The van der Waals surface area contributed by atoms with Crippen molar-refractivity contribution in [2.75, 3.05) is 14.2 Å².